The number of carbonyl (C=O) groups excluding carboxylic acids is 1. The summed E-state index contributed by atoms with van der Waals surface area (Å²) in [4.78, 5) is 23.5. The van der Waals surface area contributed by atoms with E-state index >= 15 is 0 Å². The second kappa shape index (κ2) is 19.4. The number of unbranched alkanes of at least 4 members (excludes halogenated alkanes) is 13. The number of carbonyl (C=O) groups is 2. The molecule has 2 atom stereocenters. The number of hydrogen-bond donors (Lipinski definition) is 1. The van der Waals surface area contributed by atoms with Crippen molar-refractivity contribution in [3.63, 3.8) is 0 Å². The number of esters is 1. The van der Waals surface area contributed by atoms with Gasteiger partial charge in [0.15, 0.2) is 0 Å². The monoisotopic (exact) mass is 436 g/mol. The highest BCUT2D eigenvalue weighted by Crippen LogP contribution is 2.31. The zero-order chi connectivity index (χ0) is 22.6. The van der Waals surface area contributed by atoms with E-state index in [2.05, 4.69) is 19.1 Å². The van der Waals surface area contributed by atoms with Gasteiger partial charge in [0, 0.05) is 0 Å². The highest BCUT2D eigenvalue weighted by atomic mass is 16.5. The maximum atomic E-state index is 12.2. The number of carboxylic acid groups (broad SMARTS) is 1. The van der Waals surface area contributed by atoms with Crippen molar-refractivity contribution < 1.29 is 19.4 Å². The predicted octanol–water partition coefficient (Wildman–Crippen LogP) is 7.85. The van der Waals surface area contributed by atoms with Crippen molar-refractivity contribution in [2.24, 2.45) is 11.8 Å². The molecule has 0 aromatic carbocycles. The molecule has 0 saturated heterocycles. The molecule has 1 aliphatic carbocycles. The summed E-state index contributed by atoms with van der Waals surface area (Å²) in [6, 6.07) is 0. The molecular formula is C27H48O4. The first kappa shape index (κ1) is 27.7. The van der Waals surface area contributed by atoms with Crippen LogP contribution >= 0.6 is 0 Å². The summed E-state index contributed by atoms with van der Waals surface area (Å²) in [5.41, 5.74) is 0. The molecule has 1 fully saturated rings. The van der Waals surface area contributed by atoms with Gasteiger partial charge in [0.05, 0.1) is 18.4 Å². The first-order valence-electron chi connectivity index (χ1n) is 13.2. The molecule has 0 amide bonds. The zero-order valence-corrected chi connectivity index (χ0v) is 20.1. The minimum Gasteiger partial charge on any atom is -0.481 e. The second-order valence-corrected chi connectivity index (χ2v) is 9.29. The summed E-state index contributed by atoms with van der Waals surface area (Å²) in [5, 5.41) is 9.27. The van der Waals surface area contributed by atoms with Crippen LogP contribution in [0.5, 0.6) is 0 Å². The van der Waals surface area contributed by atoms with Crippen LogP contribution < -0.4 is 0 Å². The van der Waals surface area contributed by atoms with E-state index in [0.29, 0.717) is 19.4 Å². The van der Waals surface area contributed by atoms with Crippen molar-refractivity contribution >= 4 is 11.9 Å². The fourth-order valence-electron chi connectivity index (χ4n) is 4.51. The number of hydrogen-bond acceptors (Lipinski definition) is 3. The molecule has 1 saturated carbocycles. The van der Waals surface area contributed by atoms with Crippen LogP contribution in [0, 0.1) is 11.8 Å². The molecule has 4 heteroatoms. The van der Waals surface area contributed by atoms with Gasteiger partial charge in [0.2, 0.25) is 0 Å². The van der Waals surface area contributed by atoms with Crippen LogP contribution in [0.1, 0.15) is 129 Å². The van der Waals surface area contributed by atoms with Crippen molar-refractivity contribution in [3.05, 3.63) is 12.2 Å². The van der Waals surface area contributed by atoms with Gasteiger partial charge in [-0.3, -0.25) is 9.59 Å². The second-order valence-electron chi connectivity index (χ2n) is 9.29. The van der Waals surface area contributed by atoms with Gasteiger partial charge >= 0.3 is 11.9 Å². The van der Waals surface area contributed by atoms with Crippen molar-refractivity contribution in [2.75, 3.05) is 6.61 Å². The molecule has 0 spiro atoms. The van der Waals surface area contributed by atoms with E-state index in [0.717, 1.165) is 25.7 Å². The fourth-order valence-corrected chi connectivity index (χ4v) is 4.51. The summed E-state index contributed by atoms with van der Waals surface area (Å²) in [6.45, 7) is 2.70. The number of aliphatic carboxylic acids is 1. The minimum absolute atomic E-state index is 0.296. The third kappa shape index (κ3) is 14.4. The van der Waals surface area contributed by atoms with Crippen LogP contribution in [0.25, 0.3) is 0 Å². The van der Waals surface area contributed by atoms with Gasteiger partial charge < -0.3 is 9.84 Å². The van der Waals surface area contributed by atoms with E-state index < -0.39 is 17.8 Å². The van der Waals surface area contributed by atoms with Crippen molar-refractivity contribution in [1.82, 2.24) is 0 Å². The highest BCUT2D eigenvalue weighted by molar-refractivity contribution is 5.81. The first-order valence-corrected chi connectivity index (χ1v) is 13.2. The van der Waals surface area contributed by atoms with Gasteiger partial charge in [-0.25, -0.2) is 0 Å². The Morgan fingerprint density at radius 1 is 0.742 bits per heavy atom. The predicted molar refractivity (Wildman–Crippen MR) is 128 cm³/mol. The molecule has 0 bridgehead atoms. The Kier molecular flexibility index (Phi) is 17.3. The molecule has 0 aromatic heterocycles. The summed E-state index contributed by atoms with van der Waals surface area (Å²) in [5.74, 6) is -2.14. The standard InChI is InChI=1S/C27H48O4/c1-2-3-4-5-6-7-8-9-10-11-12-13-14-15-16-17-20-23-31-27(30)25-22-19-18-21-24(25)26(28)29/h10-11,24-25H,2-9,12-23H2,1H3,(H,28,29)/b11-10+. The average molecular weight is 437 g/mol. The molecule has 4 nitrogen and oxygen atoms in total. The maximum absolute atomic E-state index is 12.2. The Bertz CT molecular complexity index is 486. The fraction of sp³-hybridized carbons (Fsp3) is 0.852. The smallest absolute Gasteiger partial charge is 0.309 e. The topological polar surface area (TPSA) is 63.6 Å². The molecule has 0 heterocycles. The van der Waals surface area contributed by atoms with Gasteiger partial charge in [-0.15, -0.1) is 0 Å². The van der Waals surface area contributed by atoms with Crippen molar-refractivity contribution in [2.45, 2.75) is 129 Å². The van der Waals surface area contributed by atoms with E-state index in [1.807, 2.05) is 0 Å². The number of rotatable bonds is 19. The normalized spacial score (nSPS) is 19.0. The minimum atomic E-state index is -0.853. The third-order valence-electron chi connectivity index (χ3n) is 6.54. The van der Waals surface area contributed by atoms with Crippen LogP contribution in [-0.2, 0) is 14.3 Å². The zero-order valence-electron chi connectivity index (χ0n) is 20.1. The lowest BCUT2D eigenvalue weighted by molar-refractivity contribution is -0.159. The summed E-state index contributed by atoms with van der Waals surface area (Å²) in [7, 11) is 0. The SMILES string of the molecule is CCCCCCCCC/C=C/CCCCCCCCOC(=O)C1CCCCC1C(=O)O. The average Bonchev–Trinajstić information content (AvgIpc) is 2.78. The summed E-state index contributed by atoms with van der Waals surface area (Å²) < 4.78 is 5.37. The van der Waals surface area contributed by atoms with E-state index in [-0.39, 0.29) is 5.97 Å². The van der Waals surface area contributed by atoms with E-state index in [1.165, 1.54) is 83.5 Å². The van der Waals surface area contributed by atoms with Crippen LogP contribution in [0.3, 0.4) is 0 Å². The van der Waals surface area contributed by atoms with Gasteiger partial charge in [0.25, 0.3) is 0 Å². The largest absolute Gasteiger partial charge is 0.481 e. The number of ether oxygens (including phenoxy) is 1. The maximum Gasteiger partial charge on any atom is 0.309 e. The molecule has 2 unspecified atom stereocenters. The summed E-state index contributed by atoms with van der Waals surface area (Å²) >= 11 is 0. The Morgan fingerprint density at radius 2 is 1.23 bits per heavy atom. The molecule has 0 aliphatic heterocycles. The molecule has 1 aliphatic rings. The Balaban J connectivity index is 1.87. The molecule has 31 heavy (non-hydrogen) atoms. The van der Waals surface area contributed by atoms with E-state index in [4.69, 9.17) is 4.74 Å². The van der Waals surface area contributed by atoms with Gasteiger partial charge in [-0.05, 0) is 44.9 Å². The molecule has 0 aromatic rings. The van der Waals surface area contributed by atoms with Gasteiger partial charge in [-0.2, -0.15) is 0 Å². The molecule has 1 N–H and O–H groups in total. The lowest BCUT2D eigenvalue weighted by Gasteiger charge is -2.26. The van der Waals surface area contributed by atoms with E-state index in [1.54, 1.807) is 0 Å². The van der Waals surface area contributed by atoms with Crippen LogP contribution in [0.2, 0.25) is 0 Å². The Morgan fingerprint density at radius 3 is 1.77 bits per heavy atom. The molecule has 0 radical (unpaired) electrons. The van der Waals surface area contributed by atoms with E-state index in [9.17, 15) is 14.7 Å². The van der Waals surface area contributed by atoms with Gasteiger partial charge in [0.1, 0.15) is 0 Å². The van der Waals surface area contributed by atoms with Gasteiger partial charge in [-0.1, -0.05) is 96.1 Å². The van der Waals surface area contributed by atoms with Crippen LogP contribution in [0.4, 0.5) is 0 Å². The lowest BCUT2D eigenvalue weighted by Crippen LogP contribution is -2.33. The highest BCUT2D eigenvalue weighted by Gasteiger charge is 2.36. The molecule has 1 rings (SSSR count). The molecule has 180 valence electrons. The Labute approximate surface area is 191 Å². The summed E-state index contributed by atoms with van der Waals surface area (Å²) in [6.07, 6.45) is 26.8. The Hall–Kier alpha value is -1.32. The molecular weight excluding hydrogens is 388 g/mol. The van der Waals surface area contributed by atoms with Crippen molar-refractivity contribution in [3.8, 4) is 0 Å². The third-order valence-corrected chi connectivity index (χ3v) is 6.54. The van der Waals surface area contributed by atoms with Crippen LogP contribution in [0.15, 0.2) is 12.2 Å². The quantitative estimate of drug-likeness (QED) is 0.127. The van der Waals surface area contributed by atoms with Crippen molar-refractivity contribution in [1.29, 1.82) is 0 Å². The number of carboxylic acids is 1. The number of allylic oxidation sites excluding steroid dienone is 2. The van der Waals surface area contributed by atoms with Crippen LogP contribution in [-0.4, -0.2) is 23.7 Å². The lowest BCUT2D eigenvalue weighted by atomic mass is 9.79. The first-order chi connectivity index (χ1) is 15.2.